The van der Waals surface area contributed by atoms with E-state index in [1.807, 2.05) is 60.7 Å². The molecule has 0 radical (unpaired) electrons. The Morgan fingerprint density at radius 2 is 2.00 bits per heavy atom. The number of ether oxygens (including phenoxy) is 2. The Bertz CT molecular complexity index is 1050. The number of hydrogen-bond donors (Lipinski definition) is 0. The average molecular weight is 415 g/mol. The molecule has 5 heteroatoms. The molecule has 2 fully saturated rings. The molecule has 0 amide bonds. The molecule has 0 heterocycles. The molecule has 4 atom stereocenters. The van der Waals surface area contributed by atoms with Gasteiger partial charge < -0.3 is 9.47 Å². The van der Waals surface area contributed by atoms with Crippen molar-refractivity contribution < 1.29 is 19.1 Å². The van der Waals surface area contributed by atoms with E-state index in [0.717, 1.165) is 22.5 Å². The van der Waals surface area contributed by atoms with E-state index in [-0.39, 0.29) is 30.6 Å². The lowest BCUT2D eigenvalue weighted by atomic mass is 9.67. The third kappa shape index (κ3) is 3.42. The van der Waals surface area contributed by atoms with Gasteiger partial charge >= 0.3 is 5.97 Å². The van der Waals surface area contributed by atoms with Gasteiger partial charge in [-0.25, -0.2) is 4.79 Å². The second kappa shape index (κ2) is 8.39. The first-order chi connectivity index (χ1) is 15.0. The molecule has 3 aliphatic rings. The Kier molecular flexibility index (Phi) is 5.65. The highest BCUT2D eigenvalue weighted by Gasteiger charge is 2.63. The second-order valence-corrected chi connectivity index (χ2v) is 8.10. The van der Waals surface area contributed by atoms with Gasteiger partial charge in [0.25, 0.3) is 0 Å². The van der Waals surface area contributed by atoms with Crippen molar-refractivity contribution in [2.45, 2.75) is 19.8 Å². The van der Waals surface area contributed by atoms with Crippen LogP contribution in [0, 0.1) is 34.5 Å². The number of carbonyl (C=O) groups excluding carboxylic acids is 2. The maximum atomic E-state index is 13.1. The summed E-state index contributed by atoms with van der Waals surface area (Å²) in [7, 11) is 1.61. The van der Waals surface area contributed by atoms with Crippen molar-refractivity contribution in [3.8, 4) is 11.8 Å². The van der Waals surface area contributed by atoms with E-state index in [0.29, 0.717) is 6.42 Å². The summed E-state index contributed by atoms with van der Waals surface area (Å²) in [5.74, 6) is -0.306. The van der Waals surface area contributed by atoms with Crippen LogP contribution in [0.2, 0.25) is 0 Å². The normalized spacial score (nSPS) is 30.1. The number of nitrogens with zero attached hydrogens (tertiary/aromatic N) is 1. The largest absolute Gasteiger partial charge is 0.497 e. The highest BCUT2D eigenvalue weighted by molar-refractivity contribution is 6.01. The number of rotatable bonds is 4. The summed E-state index contributed by atoms with van der Waals surface area (Å²) in [6, 6.07) is 9.84. The van der Waals surface area contributed by atoms with Crippen LogP contribution in [0.15, 0.2) is 65.8 Å². The number of nitriles is 1. The molecule has 1 aromatic rings. The molecule has 3 aliphatic carbocycles. The van der Waals surface area contributed by atoms with E-state index in [1.165, 1.54) is 0 Å². The van der Waals surface area contributed by atoms with Crippen LogP contribution in [0.25, 0.3) is 6.08 Å². The van der Waals surface area contributed by atoms with E-state index in [4.69, 9.17) is 9.47 Å². The van der Waals surface area contributed by atoms with Gasteiger partial charge in [-0.15, -0.1) is 0 Å². The molecule has 158 valence electrons. The van der Waals surface area contributed by atoms with Crippen LogP contribution < -0.4 is 4.74 Å². The molecular weight excluding hydrogens is 390 g/mol. The molecule has 0 N–H and O–H groups in total. The summed E-state index contributed by atoms with van der Waals surface area (Å²) in [5, 5.41) is 10.2. The Balaban J connectivity index is 1.75. The Labute approximate surface area is 182 Å². The Morgan fingerprint density at radius 3 is 2.68 bits per heavy atom. The number of hydrogen-bond acceptors (Lipinski definition) is 5. The predicted octanol–water partition coefficient (Wildman–Crippen LogP) is 4.43. The lowest BCUT2D eigenvalue weighted by molar-refractivity contribution is -0.152. The number of Topliss-reactive ketones (excluding diaryl/α,β-unsaturated/α-hetero) is 1. The zero-order valence-electron chi connectivity index (χ0n) is 17.7. The van der Waals surface area contributed by atoms with Gasteiger partial charge in [-0.2, -0.15) is 5.26 Å². The molecule has 0 aromatic heterocycles. The van der Waals surface area contributed by atoms with Gasteiger partial charge in [-0.1, -0.05) is 42.5 Å². The number of benzene rings is 1. The van der Waals surface area contributed by atoms with Gasteiger partial charge in [0.2, 0.25) is 0 Å². The standard InChI is InChI=1S/C26H25NO4/c1-3-31-25(29)26(16-27)22-8-6-4-5-7-20(22)21-14-18(24(28)15-23(21)26)13-17-9-11-19(30-2)12-10-17/h4-13,20-21,23H,3,14-15H2,1-2H3/b18-13+/t20-,21+,23+,26+/m1/s1. The first kappa shape index (κ1) is 20.9. The zero-order valence-corrected chi connectivity index (χ0v) is 17.7. The van der Waals surface area contributed by atoms with E-state index in [2.05, 4.69) is 6.07 Å². The zero-order chi connectivity index (χ0) is 22.0. The molecular formula is C26H25NO4. The van der Waals surface area contributed by atoms with Crippen molar-refractivity contribution in [2.24, 2.45) is 23.2 Å². The minimum Gasteiger partial charge on any atom is -0.497 e. The van der Waals surface area contributed by atoms with Crippen LogP contribution in [0.5, 0.6) is 5.75 Å². The highest BCUT2D eigenvalue weighted by Crippen LogP contribution is 2.60. The van der Waals surface area contributed by atoms with Crippen LogP contribution in [-0.4, -0.2) is 25.5 Å². The molecule has 4 rings (SSSR count). The summed E-state index contributed by atoms with van der Waals surface area (Å²) in [6.45, 7) is 1.93. The van der Waals surface area contributed by atoms with E-state index in [9.17, 15) is 14.9 Å². The van der Waals surface area contributed by atoms with E-state index in [1.54, 1.807) is 14.0 Å². The van der Waals surface area contributed by atoms with Crippen LogP contribution >= 0.6 is 0 Å². The van der Waals surface area contributed by atoms with Crippen molar-refractivity contribution in [3.05, 3.63) is 71.4 Å². The van der Waals surface area contributed by atoms with Gasteiger partial charge in [0.05, 0.1) is 19.8 Å². The summed E-state index contributed by atoms with van der Waals surface area (Å²) in [5.41, 5.74) is 0.971. The number of methoxy groups -OCH3 is 1. The fraction of sp³-hybridized carbons (Fsp3) is 0.346. The van der Waals surface area contributed by atoms with E-state index < -0.39 is 17.3 Å². The molecule has 0 aliphatic heterocycles. The summed E-state index contributed by atoms with van der Waals surface area (Å²) >= 11 is 0. The van der Waals surface area contributed by atoms with Gasteiger partial charge in [0, 0.05) is 18.3 Å². The third-order valence-electron chi connectivity index (χ3n) is 6.61. The number of allylic oxidation sites excluding steroid dienone is 6. The lowest BCUT2D eigenvalue weighted by Gasteiger charge is -2.33. The average Bonchev–Trinajstić information content (AvgIpc) is 2.91. The van der Waals surface area contributed by atoms with Crippen molar-refractivity contribution in [2.75, 3.05) is 13.7 Å². The molecule has 5 nitrogen and oxygen atoms in total. The fourth-order valence-electron chi connectivity index (χ4n) is 5.20. The predicted molar refractivity (Wildman–Crippen MR) is 117 cm³/mol. The number of fused-ring (bicyclic) bond motifs is 3. The second-order valence-electron chi connectivity index (χ2n) is 8.10. The van der Waals surface area contributed by atoms with Crippen molar-refractivity contribution in [3.63, 3.8) is 0 Å². The Hall–Kier alpha value is -3.39. The Morgan fingerprint density at radius 1 is 1.23 bits per heavy atom. The summed E-state index contributed by atoms with van der Waals surface area (Å²) in [4.78, 5) is 26.2. The molecule has 0 bridgehead atoms. The maximum absolute atomic E-state index is 13.1. The van der Waals surface area contributed by atoms with Gasteiger partial charge in [0.1, 0.15) is 5.75 Å². The number of esters is 1. The van der Waals surface area contributed by atoms with Gasteiger partial charge in [0.15, 0.2) is 11.2 Å². The van der Waals surface area contributed by atoms with Gasteiger partial charge in [-0.05, 0) is 54.2 Å². The van der Waals surface area contributed by atoms with Crippen LogP contribution in [0.4, 0.5) is 0 Å². The van der Waals surface area contributed by atoms with Gasteiger partial charge in [-0.3, -0.25) is 4.79 Å². The first-order valence-electron chi connectivity index (χ1n) is 10.6. The minimum absolute atomic E-state index is 0.0161. The monoisotopic (exact) mass is 415 g/mol. The van der Waals surface area contributed by atoms with Crippen LogP contribution in [0.3, 0.4) is 0 Å². The molecule has 0 saturated heterocycles. The first-order valence-corrected chi connectivity index (χ1v) is 10.6. The number of ketones is 1. The van der Waals surface area contributed by atoms with E-state index >= 15 is 0 Å². The van der Waals surface area contributed by atoms with Crippen LogP contribution in [-0.2, 0) is 14.3 Å². The smallest absolute Gasteiger partial charge is 0.331 e. The fourth-order valence-corrected chi connectivity index (χ4v) is 5.20. The van der Waals surface area contributed by atoms with Crippen molar-refractivity contribution in [1.82, 2.24) is 0 Å². The molecule has 0 unspecified atom stereocenters. The van der Waals surface area contributed by atoms with Crippen molar-refractivity contribution in [1.29, 1.82) is 5.26 Å². The van der Waals surface area contributed by atoms with Crippen molar-refractivity contribution >= 4 is 17.8 Å². The summed E-state index contributed by atoms with van der Waals surface area (Å²) < 4.78 is 10.6. The summed E-state index contributed by atoms with van der Waals surface area (Å²) in [6.07, 6.45) is 12.2. The minimum atomic E-state index is -1.42. The molecule has 0 spiro atoms. The topological polar surface area (TPSA) is 76.4 Å². The molecule has 1 aromatic carbocycles. The van der Waals surface area contributed by atoms with Crippen LogP contribution in [0.1, 0.15) is 25.3 Å². The quantitative estimate of drug-likeness (QED) is 0.537. The molecule has 31 heavy (non-hydrogen) atoms. The highest BCUT2D eigenvalue weighted by atomic mass is 16.5. The number of carbonyl (C=O) groups is 2. The SMILES string of the molecule is CCOC(=O)[C@@]1(C#N)C2=CC=CC=C[C@@H]2[C@@H]2C/C(=C\c3ccc(OC)cc3)C(=O)C[C@@H]21. The lowest BCUT2D eigenvalue weighted by Crippen LogP contribution is -2.41. The third-order valence-corrected chi connectivity index (χ3v) is 6.61. The molecule has 2 saturated carbocycles. The maximum Gasteiger partial charge on any atom is 0.331 e.